The molecule has 0 saturated carbocycles. The first-order valence-electron chi connectivity index (χ1n) is 39.7. The fraction of sp³-hybridized carbons (Fsp3) is 0.878. The van der Waals surface area contributed by atoms with Crippen molar-refractivity contribution in [3.8, 4) is 0 Å². The number of hydrogen-bond donors (Lipinski definition) is 1. The van der Waals surface area contributed by atoms with E-state index in [9.17, 15) is 14.7 Å². The molecule has 0 fully saturated rings. The standard InChI is InChI=1S/C82H154O5/c1-3-5-7-9-11-13-15-17-19-21-23-25-27-29-31-33-35-37-39-40-41-42-43-45-47-49-51-53-55-57-59-61-63-65-67-69-71-73-75-77-82(85)87-80(78-83)79-86-81(84)76-74-72-70-68-66-64-62-60-58-56-54-52-50-48-46-44-38-36-34-32-30-28-26-24-22-20-18-16-14-12-10-8-6-4-2/h5,7,11,13,17,19,23,25,80,83H,3-4,6,8-10,12,14-16,18,20-22,24,26-79H2,1-2H3/b7-5-,13-11-,19-17-,25-23-. The van der Waals surface area contributed by atoms with Crippen molar-refractivity contribution in [1.29, 1.82) is 0 Å². The molecule has 512 valence electrons. The Kier molecular flexibility index (Phi) is 76.2. The molecule has 0 aromatic carbocycles. The van der Waals surface area contributed by atoms with E-state index in [-0.39, 0.29) is 25.2 Å². The molecular weight excluding hydrogens is 1060 g/mol. The van der Waals surface area contributed by atoms with Crippen LogP contribution in [0.1, 0.15) is 444 Å². The Labute approximate surface area is 545 Å². The first kappa shape index (κ1) is 84.9. The van der Waals surface area contributed by atoms with E-state index in [2.05, 4.69) is 62.5 Å². The maximum atomic E-state index is 12.4. The minimum Gasteiger partial charge on any atom is -0.462 e. The minimum absolute atomic E-state index is 0.0579. The normalized spacial score (nSPS) is 12.4. The molecule has 0 bridgehead atoms. The Morgan fingerprint density at radius 2 is 0.494 bits per heavy atom. The van der Waals surface area contributed by atoms with E-state index >= 15 is 0 Å². The van der Waals surface area contributed by atoms with Crippen LogP contribution in [0.25, 0.3) is 0 Å². The summed E-state index contributed by atoms with van der Waals surface area (Å²) in [6.45, 7) is 4.10. The van der Waals surface area contributed by atoms with E-state index in [1.807, 2.05) is 0 Å². The third-order valence-corrected chi connectivity index (χ3v) is 18.4. The summed E-state index contributed by atoms with van der Waals surface area (Å²) in [5, 5.41) is 9.73. The second-order valence-corrected chi connectivity index (χ2v) is 27.1. The summed E-state index contributed by atoms with van der Waals surface area (Å²) in [6.07, 6.45) is 106. The van der Waals surface area contributed by atoms with Gasteiger partial charge in [-0.3, -0.25) is 9.59 Å². The SMILES string of the molecule is CC/C=C\C/C=C\C/C=C\C/C=C\CCCCCCCCCCCCCCCCCCCCCCCCCCCCC(=O)OC(CO)COC(=O)CCCCCCCCCCCCCCCCCCCCCCCCCCCCCCCCCCCC. The highest BCUT2D eigenvalue weighted by Gasteiger charge is 2.16. The van der Waals surface area contributed by atoms with Crippen molar-refractivity contribution < 1.29 is 24.2 Å². The predicted molar refractivity (Wildman–Crippen MR) is 385 cm³/mol. The van der Waals surface area contributed by atoms with Crippen LogP contribution in [0.3, 0.4) is 0 Å². The molecular formula is C82H154O5. The molecule has 0 aromatic rings. The number of hydrogen-bond acceptors (Lipinski definition) is 5. The molecule has 1 unspecified atom stereocenters. The molecule has 5 heteroatoms. The van der Waals surface area contributed by atoms with Crippen molar-refractivity contribution in [2.24, 2.45) is 0 Å². The van der Waals surface area contributed by atoms with Crippen LogP contribution in [0, 0.1) is 0 Å². The Bertz CT molecular complexity index is 1430. The molecule has 0 aliphatic heterocycles. The molecule has 0 aliphatic rings. The van der Waals surface area contributed by atoms with Crippen molar-refractivity contribution in [3.63, 3.8) is 0 Å². The number of unbranched alkanes of at least 4 members (excludes halogenated alkanes) is 59. The van der Waals surface area contributed by atoms with Gasteiger partial charge in [0.1, 0.15) is 6.61 Å². The lowest BCUT2D eigenvalue weighted by Crippen LogP contribution is -2.28. The molecule has 0 spiro atoms. The fourth-order valence-electron chi connectivity index (χ4n) is 12.5. The first-order chi connectivity index (χ1) is 43.1. The summed E-state index contributed by atoms with van der Waals surface area (Å²) >= 11 is 0. The van der Waals surface area contributed by atoms with Gasteiger partial charge in [0.25, 0.3) is 0 Å². The molecule has 0 amide bonds. The molecule has 0 saturated heterocycles. The molecule has 87 heavy (non-hydrogen) atoms. The Balaban J connectivity index is 3.35. The van der Waals surface area contributed by atoms with Crippen molar-refractivity contribution >= 4 is 11.9 Å². The van der Waals surface area contributed by atoms with E-state index in [4.69, 9.17) is 9.47 Å². The Morgan fingerprint density at radius 1 is 0.276 bits per heavy atom. The zero-order valence-electron chi connectivity index (χ0n) is 59.1. The van der Waals surface area contributed by atoms with Crippen LogP contribution in [-0.2, 0) is 19.1 Å². The quantitative estimate of drug-likeness (QED) is 0.0373. The van der Waals surface area contributed by atoms with Crippen molar-refractivity contribution in [1.82, 2.24) is 0 Å². The number of ether oxygens (including phenoxy) is 2. The van der Waals surface area contributed by atoms with Gasteiger partial charge in [-0.05, 0) is 51.4 Å². The summed E-state index contributed by atoms with van der Waals surface area (Å²) in [5.41, 5.74) is 0. The fourth-order valence-corrected chi connectivity index (χ4v) is 12.5. The first-order valence-corrected chi connectivity index (χ1v) is 39.7. The second kappa shape index (κ2) is 78.1. The summed E-state index contributed by atoms with van der Waals surface area (Å²) in [4.78, 5) is 24.7. The third kappa shape index (κ3) is 76.2. The van der Waals surface area contributed by atoms with E-state index in [0.717, 1.165) is 57.8 Å². The molecule has 5 nitrogen and oxygen atoms in total. The van der Waals surface area contributed by atoms with Crippen molar-refractivity contribution in [3.05, 3.63) is 48.6 Å². The smallest absolute Gasteiger partial charge is 0.306 e. The van der Waals surface area contributed by atoms with Crippen molar-refractivity contribution in [2.75, 3.05) is 13.2 Å². The number of carbonyl (C=O) groups excluding carboxylic acids is 2. The summed E-state index contributed by atoms with van der Waals surface area (Å²) < 4.78 is 10.8. The molecule has 1 atom stereocenters. The molecule has 0 aliphatic carbocycles. The van der Waals surface area contributed by atoms with Crippen LogP contribution < -0.4 is 0 Å². The van der Waals surface area contributed by atoms with Crippen LogP contribution in [-0.4, -0.2) is 36.4 Å². The third-order valence-electron chi connectivity index (χ3n) is 18.4. The predicted octanol–water partition coefficient (Wildman–Crippen LogP) is 27.8. The maximum Gasteiger partial charge on any atom is 0.306 e. The highest BCUT2D eigenvalue weighted by molar-refractivity contribution is 5.70. The number of aliphatic hydroxyl groups is 1. The van der Waals surface area contributed by atoms with E-state index in [0.29, 0.717) is 12.8 Å². The van der Waals surface area contributed by atoms with Gasteiger partial charge in [-0.1, -0.05) is 428 Å². The van der Waals surface area contributed by atoms with Gasteiger partial charge in [0.2, 0.25) is 0 Å². The van der Waals surface area contributed by atoms with Crippen LogP contribution in [0.2, 0.25) is 0 Å². The largest absolute Gasteiger partial charge is 0.462 e. The minimum atomic E-state index is -0.770. The lowest BCUT2D eigenvalue weighted by Gasteiger charge is -2.15. The summed E-state index contributed by atoms with van der Waals surface area (Å²) in [5.74, 6) is -0.561. The van der Waals surface area contributed by atoms with E-state index in [1.165, 1.54) is 360 Å². The number of carbonyl (C=O) groups is 2. The molecule has 0 radical (unpaired) electrons. The lowest BCUT2D eigenvalue weighted by atomic mass is 10.0. The Hall–Kier alpha value is -2.14. The molecule has 1 N–H and O–H groups in total. The van der Waals surface area contributed by atoms with Gasteiger partial charge < -0.3 is 14.6 Å². The van der Waals surface area contributed by atoms with Crippen LogP contribution >= 0.6 is 0 Å². The highest BCUT2D eigenvalue weighted by Crippen LogP contribution is 2.20. The monoisotopic (exact) mass is 1220 g/mol. The van der Waals surface area contributed by atoms with Gasteiger partial charge >= 0.3 is 11.9 Å². The maximum absolute atomic E-state index is 12.4. The van der Waals surface area contributed by atoms with Gasteiger partial charge in [-0.25, -0.2) is 0 Å². The van der Waals surface area contributed by atoms with Gasteiger partial charge in [0.05, 0.1) is 6.61 Å². The van der Waals surface area contributed by atoms with Crippen molar-refractivity contribution in [2.45, 2.75) is 450 Å². The number of esters is 2. The topological polar surface area (TPSA) is 72.8 Å². The van der Waals surface area contributed by atoms with E-state index in [1.54, 1.807) is 0 Å². The highest BCUT2D eigenvalue weighted by atomic mass is 16.6. The number of rotatable bonds is 75. The zero-order chi connectivity index (χ0) is 62.6. The molecule has 0 aromatic heterocycles. The van der Waals surface area contributed by atoms with Crippen LogP contribution in [0.5, 0.6) is 0 Å². The average molecular weight is 1220 g/mol. The lowest BCUT2D eigenvalue weighted by molar-refractivity contribution is -0.161. The zero-order valence-corrected chi connectivity index (χ0v) is 59.1. The molecule has 0 rings (SSSR count). The second-order valence-electron chi connectivity index (χ2n) is 27.1. The van der Waals surface area contributed by atoms with Gasteiger partial charge in [-0.15, -0.1) is 0 Å². The Morgan fingerprint density at radius 3 is 0.747 bits per heavy atom. The number of aliphatic hydroxyl groups excluding tert-OH is 1. The average Bonchev–Trinajstić information content (AvgIpc) is 3.52. The van der Waals surface area contributed by atoms with Crippen LogP contribution in [0.15, 0.2) is 48.6 Å². The van der Waals surface area contributed by atoms with Gasteiger partial charge in [0.15, 0.2) is 6.10 Å². The van der Waals surface area contributed by atoms with Gasteiger partial charge in [0, 0.05) is 12.8 Å². The van der Waals surface area contributed by atoms with Crippen LogP contribution in [0.4, 0.5) is 0 Å². The van der Waals surface area contributed by atoms with Gasteiger partial charge in [-0.2, -0.15) is 0 Å². The molecule has 0 heterocycles. The van der Waals surface area contributed by atoms with E-state index < -0.39 is 6.10 Å². The summed E-state index contributed by atoms with van der Waals surface area (Å²) in [7, 11) is 0. The number of allylic oxidation sites excluding steroid dienone is 8. The summed E-state index contributed by atoms with van der Waals surface area (Å²) in [6, 6.07) is 0.